The number of hydrogen-bond donors (Lipinski definition) is 6. The van der Waals surface area contributed by atoms with Crippen molar-refractivity contribution in [3.8, 4) is 34.5 Å². The predicted molar refractivity (Wildman–Crippen MR) is 96.2 cm³/mol. The Morgan fingerprint density at radius 2 is 0.786 bits per heavy atom. The van der Waals surface area contributed by atoms with Crippen molar-refractivity contribution in [2.75, 3.05) is 0 Å². The number of benzene rings is 3. The molecule has 0 aliphatic carbocycles. The molecule has 3 aromatic carbocycles. The summed E-state index contributed by atoms with van der Waals surface area (Å²) in [7, 11) is 0. The van der Waals surface area contributed by atoms with E-state index in [1.807, 2.05) is 0 Å². The van der Waals surface area contributed by atoms with Gasteiger partial charge in [-0.05, 0) is 24.3 Å². The maximum atomic E-state index is 12.5. The Morgan fingerprint density at radius 1 is 0.464 bits per heavy atom. The Morgan fingerprint density at radius 3 is 1.11 bits per heavy atom. The molecule has 0 saturated carbocycles. The van der Waals surface area contributed by atoms with Crippen LogP contribution in [0.2, 0.25) is 0 Å². The first kappa shape index (κ1) is 18.6. The first-order chi connectivity index (χ1) is 13.2. The summed E-state index contributed by atoms with van der Waals surface area (Å²) in [6.07, 6.45) is 0. The van der Waals surface area contributed by atoms with Crippen LogP contribution in [-0.2, 0) is 0 Å². The molecule has 0 radical (unpaired) electrons. The molecule has 0 saturated heterocycles. The van der Waals surface area contributed by atoms with E-state index in [9.17, 15) is 40.2 Å². The van der Waals surface area contributed by atoms with Crippen LogP contribution in [0.25, 0.3) is 0 Å². The fourth-order valence-corrected chi connectivity index (χ4v) is 2.59. The molecule has 0 fully saturated rings. The van der Waals surface area contributed by atoms with E-state index in [1.165, 1.54) is 24.3 Å². The van der Waals surface area contributed by atoms with Gasteiger partial charge in [-0.1, -0.05) is 24.3 Å². The van der Waals surface area contributed by atoms with E-state index in [1.54, 1.807) is 0 Å². The number of rotatable bonds is 4. The van der Waals surface area contributed by atoms with E-state index in [2.05, 4.69) is 0 Å². The molecule has 0 unspecified atom stereocenters. The molecule has 3 aromatic rings. The molecular weight excluding hydrogens is 368 g/mol. The molecule has 0 amide bonds. The standard InChI is InChI=1S/C20H14O8/c21-13-7-5-11(17(25)19(13)27)15(23)9-1-2-10(4-3-9)16(24)12-6-8-14(22)20(28)18(12)26/h1-8,21-22,25-28H. The normalized spacial score (nSPS) is 10.6. The molecule has 0 aliphatic heterocycles. The molecule has 0 aliphatic rings. The van der Waals surface area contributed by atoms with Crippen LogP contribution in [0.4, 0.5) is 0 Å². The van der Waals surface area contributed by atoms with Crippen LogP contribution < -0.4 is 0 Å². The van der Waals surface area contributed by atoms with Crippen LogP contribution in [0, 0.1) is 0 Å². The highest BCUT2D eigenvalue weighted by atomic mass is 16.3. The van der Waals surface area contributed by atoms with Gasteiger partial charge >= 0.3 is 0 Å². The summed E-state index contributed by atoms with van der Waals surface area (Å²) in [5.74, 6) is -5.64. The van der Waals surface area contributed by atoms with Gasteiger partial charge in [0.1, 0.15) is 0 Å². The van der Waals surface area contributed by atoms with Crippen LogP contribution in [-0.4, -0.2) is 42.2 Å². The Hall–Kier alpha value is -4.20. The van der Waals surface area contributed by atoms with Crippen molar-refractivity contribution in [2.24, 2.45) is 0 Å². The second-order valence-corrected chi connectivity index (χ2v) is 5.89. The maximum Gasteiger partial charge on any atom is 0.201 e. The average Bonchev–Trinajstić information content (AvgIpc) is 2.70. The Balaban J connectivity index is 1.92. The van der Waals surface area contributed by atoms with Crippen LogP contribution >= 0.6 is 0 Å². The van der Waals surface area contributed by atoms with Crippen LogP contribution in [0.3, 0.4) is 0 Å². The number of aromatic hydroxyl groups is 6. The molecule has 3 rings (SSSR count). The predicted octanol–water partition coefficient (Wildman–Crippen LogP) is 2.38. The Bertz CT molecular complexity index is 1010. The van der Waals surface area contributed by atoms with Gasteiger partial charge in [0, 0.05) is 11.1 Å². The van der Waals surface area contributed by atoms with Gasteiger partial charge in [0.15, 0.2) is 34.6 Å². The van der Waals surface area contributed by atoms with Crippen molar-refractivity contribution in [3.05, 3.63) is 70.8 Å². The number of carbonyl (C=O) groups excluding carboxylic acids is 2. The van der Waals surface area contributed by atoms with Gasteiger partial charge in [-0.25, -0.2) is 0 Å². The van der Waals surface area contributed by atoms with Gasteiger partial charge in [0.2, 0.25) is 11.5 Å². The average molecular weight is 382 g/mol. The fourth-order valence-electron chi connectivity index (χ4n) is 2.59. The third-order valence-corrected chi connectivity index (χ3v) is 4.16. The lowest BCUT2D eigenvalue weighted by atomic mass is 9.97. The van der Waals surface area contributed by atoms with Crippen molar-refractivity contribution < 1.29 is 40.2 Å². The quantitative estimate of drug-likeness (QED) is 0.297. The van der Waals surface area contributed by atoms with E-state index < -0.39 is 46.1 Å². The molecular formula is C20H14O8. The SMILES string of the molecule is O=C(c1ccc(C(=O)c2ccc(O)c(O)c2O)cc1)c1ccc(O)c(O)c1O. The van der Waals surface area contributed by atoms with Gasteiger partial charge < -0.3 is 30.6 Å². The number of hydrogen-bond acceptors (Lipinski definition) is 8. The van der Waals surface area contributed by atoms with Crippen molar-refractivity contribution in [3.63, 3.8) is 0 Å². The van der Waals surface area contributed by atoms with E-state index >= 15 is 0 Å². The minimum atomic E-state index is -0.819. The lowest BCUT2D eigenvalue weighted by Crippen LogP contribution is -2.05. The van der Waals surface area contributed by atoms with E-state index in [4.69, 9.17) is 0 Å². The highest BCUT2D eigenvalue weighted by molar-refractivity contribution is 6.13. The minimum Gasteiger partial charge on any atom is -0.504 e. The van der Waals surface area contributed by atoms with Gasteiger partial charge in [-0.15, -0.1) is 0 Å². The molecule has 0 atom stereocenters. The summed E-state index contributed by atoms with van der Waals surface area (Å²) in [5.41, 5.74) is -0.296. The number of ketones is 2. The molecule has 0 heterocycles. The summed E-state index contributed by atoms with van der Waals surface area (Å²) >= 11 is 0. The van der Waals surface area contributed by atoms with Gasteiger partial charge in [0.25, 0.3) is 0 Å². The Kier molecular flexibility index (Phi) is 4.54. The largest absolute Gasteiger partial charge is 0.504 e. The number of phenols is 6. The van der Waals surface area contributed by atoms with Crippen LogP contribution in [0.1, 0.15) is 31.8 Å². The van der Waals surface area contributed by atoms with Crippen molar-refractivity contribution in [1.82, 2.24) is 0 Å². The molecule has 8 heteroatoms. The lowest BCUT2D eigenvalue weighted by molar-refractivity contribution is 0.102. The topological polar surface area (TPSA) is 156 Å². The lowest BCUT2D eigenvalue weighted by Gasteiger charge is -2.09. The van der Waals surface area contributed by atoms with E-state index in [0.717, 1.165) is 24.3 Å². The third-order valence-electron chi connectivity index (χ3n) is 4.16. The highest BCUT2D eigenvalue weighted by Gasteiger charge is 2.21. The molecule has 8 nitrogen and oxygen atoms in total. The van der Waals surface area contributed by atoms with Crippen molar-refractivity contribution >= 4 is 11.6 Å². The summed E-state index contributed by atoms with van der Waals surface area (Å²) in [4.78, 5) is 25.0. The van der Waals surface area contributed by atoms with Crippen molar-refractivity contribution in [2.45, 2.75) is 0 Å². The van der Waals surface area contributed by atoms with Gasteiger partial charge in [0.05, 0.1) is 11.1 Å². The van der Waals surface area contributed by atoms with Crippen molar-refractivity contribution in [1.29, 1.82) is 0 Å². The summed E-state index contributed by atoms with van der Waals surface area (Å²) in [5, 5.41) is 57.4. The molecule has 142 valence electrons. The second kappa shape index (κ2) is 6.84. The fraction of sp³-hybridized carbons (Fsp3) is 0. The van der Waals surface area contributed by atoms with E-state index in [0.29, 0.717) is 0 Å². The minimum absolute atomic E-state index is 0.0923. The van der Waals surface area contributed by atoms with Crippen LogP contribution in [0.5, 0.6) is 34.5 Å². The molecule has 6 N–H and O–H groups in total. The summed E-state index contributed by atoms with van der Waals surface area (Å²) < 4.78 is 0. The molecule has 0 aromatic heterocycles. The zero-order chi connectivity index (χ0) is 20.6. The zero-order valence-electron chi connectivity index (χ0n) is 14.1. The molecule has 28 heavy (non-hydrogen) atoms. The van der Waals surface area contributed by atoms with Gasteiger partial charge in [-0.2, -0.15) is 0 Å². The van der Waals surface area contributed by atoms with Gasteiger partial charge in [-0.3, -0.25) is 9.59 Å². The first-order valence-electron chi connectivity index (χ1n) is 7.89. The maximum absolute atomic E-state index is 12.5. The van der Waals surface area contributed by atoms with E-state index in [-0.39, 0.29) is 22.3 Å². The molecule has 0 bridgehead atoms. The van der Waals surface area contributed by atoms with Crippen LogP contribution in [0.15, 0.2) is 48.5 Å². The second-order valence-electron chi connectivity index (χ2n) is 5.89. The monoisotopic (exact) mass is 382 g/mol. The first-order valence-corrected chi connectivity index (χ1v) is 7.89. The summed E-state index contributed by atoms with van der Waals surface area (Å²) in [6.45, 7) is 0. The Labute approximate surface area is 157 Å². The summed E-state index contributed by atoms with van der Waals surface area (Å²) in [6, 6.07) is 9.60. The highest BCUT2D eigenvalue weighted by Crippen LogP contribution is 2.39. The molecule has 0 spiro atoms. The zero-order valence-corrected chi connectivity index (χ0v) is 14.1. The number of carbonyl (C=O) groups is 2. The third kappa shape index (κ3) is 3.03. The smallest absolute Gasteiger partial charge is 0.201 e. The number of phenolic OH excluding ortho intramolecular Hbond substituents is 6.